The van der Waals surface area contributed by atoms with E-state index in [4.69, 9.17) is 9.84 Å². The van der Waals surface area contributed by atoms with Crippen LogP contribution >= 0.6 is 0 Å². The molecule has 3 nitrogen and oxygen atoms in total. The molecule has 1 aliphatic carbocycles. The Morgan fingerprint density at radius 2 is 2.15 bits per heavy atom. The van der Waals surface area contributed by atoms with Crippen molar-refractivity contribution in [3.05, 3.63) is 0 Å². The topological polar surface area (TPSA) is 41.5 Å². The van der Waals surface area contributed by atoms with Gasteiger partial charge in [0.15, 0.2) is 0 Å². The Kier molecular flexibility index (Phi) is 5.35. The number of rotatable bonds is 6. The quantitative estimate of drug-likeness (QED) is 0.607. The van der Waals surface area contributed by atoms with E-state index < -0.39 is 0 Å². The lowest BCUT2D eigenvalue weighted by Crippen LogP contribution is -2.28. The van der Waals surface area contributed by atoms with Crippen LogP contribution in [0.3, 0.4) is 0 Å². The van der Waals surface area contributed by atoms with Gasteiger partial charge in [-0.2, -0.15) is 0 Å². The van der Waals surface area contributed by atoms with Crippen molar-refractivity contribution in [3.63, 3.8) is 0 Å². The highest BCUT2D eigenvalue weighted by Gasteiger charge is 2.14. The lowest BCUT2D eigenvalue weighted by Gasteiger charge is -2.11. The van der Waals surface area contributed by atoms with Gasteiger partial charge >= 0.3 is 0 Å². The summed E-state index contributed by atoms with van der Waals surface area (Å²) in [5.74, 6) is 0. The van der Waals surface area contributed by atoms with Gasteiger partial charge in [0.2, 0.25) is 0 Å². The number of ether oxygens (including phenoxy) is 1. The SMILES string of the molecule is CC(O)CNCCOC1CCCC1. The molecule has 0 saturated heterocycles. The van der Waals surface area contributed by atoms with E-state index >= 15 is 0 Å². The largest absolute Gasteiger partial charge is 0.392 e. The van der Waals surface area contributed by atoms with Crippen molar-refractivity contribution in [1.82, 2.24) is 5.32 Å². The first-order valence-corrected chi connectivity index (χ1v) is 5.29. The molecule has 1 unspecified atom stereocenters. The van der Waals surface area contributed by atoms with E-state index in [1.807, 2.05) is 0 Å². The summed E-state index contributed by atoms with van der Waals surface area (Å²) in [4.78, 5) is 0. The number of aliphatic hydroxyl groups excluding tert-OH is 1. The number of nitrogens with one attached hydrogen (secondary N) is 1. The summed E-state index contributed by atoms with van der Waals surface area (Å²) in [6.07, 6.45) is 5.37. The van der Waals surface area contributed by atoms with E-state index in [2.05, 4.69) is 5.32 Å². The Labute approximate surface area is 80.5 Å². The highest BCUT2D eigenvalue weighted by molar-refractivity contribution is 4.66. The third kappa shape index (κ3) is 5.24. The van der Waals surface area contributed by atoms with Gasteiger partial charge in [-0.1, -0.05) is 12.8 Å². The van der Waals surface area contributed by atoms with Crippen LogP contribution in [0.2, 0.25) is 0 Å². The smallest absolute Gasteiger partial charge is 0.0636 e. The van der Waals surface area contributed by atoms with E-state index in [9.17, 15) is 0 Å². The van der Waals surface area contributed by atoms with Crippen LogP contribution < -0.4 is 5.32 Å². The summed E-state index contributed by atoms with van der Waals surface area (Å²) in [5, 5.41) is 12.1. The van der Waals surface area contributed by atoms with E-state index in [1.165, 1.54) is 25.7 Å². The molecule has 0 aliphatic heterocycles. The molecular weight excluding hydrogens is 166 g/mol. The molecule has 0 aromatic rings. The van der Waals surface area contributed by atoms with Gasteiger partial charge in [0.1, 0.15) is 0 Å². The minimum atomic E-state index is -0.258. The molecule has 1 saturated carbocycles. The molecule has 1 atom stereocenters. The van der Waals surface area contributed by atoms with Crippen LogP contribution in [0.1, 0.15) is 32.6 Å². The third-order valence-corrected chi connectivity index (χ3v) is 2.37. The van der Waals surface area contributed by atoms with Crippen molar-refractivity contribution in [2.75, 3.05) is 19.7 Å². The summed E-state index contributed by atoms with van der Waals surface area (Å²) >= 11 is 0. The lowest BCUT2D eigenvalue weighted by molar-refractivity contribution is 0.0589. The van der Waals surface area contributed by atoms with Crippen molar-refractivity contribution < 1.29 is 9.84 Å². The summed E-state index contributed by atoms with van der Waals surface area (Å²) in [7, 11) is 0. The molecule has 78 valence electrons. The number of aliphatic hydroxyl groups is 1. The lowest BCUT2D eigenvalue weighted by atomic mass is 10.3. The maximum Gasteiger partial charge on any atom is 0.0636 e. The van der Waals surface area contributed by atoms with Crippen molar-refractivity contribution in [2.45, 2.75) is 44.8 Å². The number of hydrogen-bond acceptors (Lipinski definition) is 3. The summed E-state index contributed by atoms with van der Waals surface area (Å²) in [5.41, 5.74) is 0. The molecule has 0 aromatic carbocycles. The Bertz CT molecular complexity index is 122. The summed E-state index contributed by atoms with van der Waals surface area (Å²) < 4.78 is 5.64. The van der Waals surface area contributed by atoms with E-state index in [0.717, 1.165) is 13.2 Å². The van der Waals surface area contributed by atoms with Gasteiger partial charge in [-0.25, -0.2) is 0 Å². The fourth-order valence-corrected chi connectivity index (χ4v) is 1.66. The van der Waals surface area contributed by atoms with Gasteiger partial charge in [0.05, 0.1) is 18.8 Å². The zero-order valence-corrected chi connectivity index (χ0v) is 8.46. The zero-order valence-electron chi connectivity index (χ0n) is 8.46. The van der Waals surface area contributed by atoms with Gasteiger partial charge in [-0.15, -0.1) is 0 Å². The van der Waals surface area contributed by atoms with Crippen LogP contribution in [0.4, 0.5) is 0 Å². The first kappa shape index (κ1) is 11.0. The fraction of sp³-hybridized carbons (Fsp3) is 1.00. The molecule has 0 radical (unpaired) electrons. The van der Waals surface area contributed by atoms with Crippen molar-refractivity contribution >= 4 is 0 Å². The second kappa shape index (κ2) is 6.35. The highest BCUT2D eigenvalue weighted by atomic mass is 16.5. The van der Waals surface area contributed by atoms with Gasteiger partial charge < -0.3 is 15.2 Å². The summed E-state index contributed by atoms with van der Waals surface area (Å²) in [6, 6.07) is 0. The predicted molar refractivity (Wildman–Crippen MR) is 52.8 cm³/mol. The minimum absolute atomic E-state index is 0.258. The van der Waals surface area contributed by atoms with Crippen LogP contribution in [-0.4, -0.2) is 37.0 Å². The van der Waals surface area contributed by atoms with E-state index in [-0.39, 0.29) is 6.10 Å². The normalized spacial score (nSPS) is 20.8. The molecule has 1 aliphatic rings. The van der Waals surface area contributed by atoms with Gasteiger partial charge in [0, 0.05) is 13.1 Å². The Hall–Kier alpha value is -0.120. The zero-order chi connectivity index (χ0) is 9.52. The van der Waals surface area contributed by atoms with Crippen molar-refractivity contribution in [1.29, 1.82) is 0 Å². The Balaban J connectivity index is 1.83. The second-order valence-corrected chi connectivity index (χ2v) is 3.83. The maximum atomic E-state index is 8.96. The van der Waals surface area contributed by atoms with Crippen molar-refractivity contribution in [2.24, 2.45) is 0 Å². The molecule has 2 N–H and O–H groups in total. The molecule has 0 spiro atoms. The standard InChI is InChI=1S/C10H21NO2/c1-9(12)8-11-6-7-13-10-4-2-3-5-10/h9-12H,2-8H2,1H3. The van der Waals surface area contributed by atoms with Crippen molar-refractivity contribution in [3.8, 4) is 0 Å². The Morgan fingerprint density at radius 1 is 1.46 bits per heavy atom. The average Bonchev–Trinajstić information content (AvgIpc) is 2.55. The maximum absolute atomic E-state index is 8.96. The Morgan fingerprint density at radius 3 is 2.77 bits per heavy atom. The molecule has 1 fully saturated rings. The van der Waals surface area contributed by atoms with Crippen LogP contribution in [0.15, 0.2) is 0 Å². The molecule has 0 bridgehead atoms. The van der Waals surface area contributed by atoms with E-state index in [1.54, 1.807) is 6.92 Å². The van der Waals surface area contributed by atoms with Gasteiger partial charge in [-0.05, 0) is 19.8 Å². The van der Waals surface area contributed by atoms with Crippen LogP contribution in [0.25, 0.3) is 0 Å². The predicted octanol–water partition coefficient (Wildman–Crippen LogP) is 0.916. The van der Waals surface area contributed by atoms with Crippen LogP contribution in [0.5, 0.6) is 0 Å². The van der Waals surface area contributed by atoms with Gasteiger partial charge in [-0.3, -0.25) is 0 Å². The fourth-order valence-electron chi connectivity index (χ4n) is 1.66. The molecule has 0 amide bonds. The highest BCUT2D eigenvalue weighted by Crippen LogP contribution is 2.20. The van der Waals surface area contributed by atoms with Gasteiger partial charge in [0.25, 0.3) is 0 Å². The first-order valence-electron chi connectivity index (χ1n) is 5.29. The average molecular weight is 187 g/mol. The second-order valence-electron chi connectivity index (χ2n) is 3.83. The third-order valence-electron chi connectivity index (χ3n) is 2.37. The monoisotopic (exact) mass is 187 g/mol. The van der Waals surface area contributed by atoms with Crippen LogP contribution in [0, 0.1) is 0 Å². The first-order chi connectivity index (χ1) is 6.29. The molecule has 0 heterocycles. The van der Waals surface area contributed by atoms with Crippen LogP contribution in [-0.2, 0) is 4.74 Å². The summed E-state index contributed by atoms with van der Waals surface area (Å²) in [6.45, 7) is 4.07. The molecular formula is C10H21NO2. The minimum Gasteiger partial charge on any atom is -0.392 e. The number of hydrogen-bond donors (Lipinski definition) is 2. The van der Waals surface area contributed by atoms with E-state index in [0.29, 0.717) is 12.6 Å². The molecule has 0 aromatic heterocycles. The molecule has 1 rings (SSSR count). The molecule has 13 heavy (non-hydrogen) atoms. The molecule has 3 heteroatoms.